The number of nitrogens with zero attached hydrogens (tertiary/aromatic N) is 1. The van der Waals surface area contributed by atoms with Crippen molar-refractivity contribution in [3.8, 4) is 0 Å². The van der Waals surface area contributed by atoms with Gasteiger partial charge in [-0.05, 0) is 6.42 Å². The van der Waals surface area contributed by atoms with Gasteiger partial charge in [0.25, 0.3) is 0 Å². The Morgan fingerprint density at radius 1 is 1.40 bits per heavy atom. The van der Waals surface area contributed by atoms with Crippen LogP contribution in [0.15, 0.2) is 0 Å². The van der Waals surface area contributed by atoms with E-state index in [1.807, 2.05) is 0 Å². The number of hydrogen-bond donors (Lipinski definition) is 1. The normalized spacial score (nSPS) is 43.2. The molecule has 2 fully saturated rings. The molecule has 4 heteroatoms. The summed E-state index contributed by atoms with van der Waals surface area (Å²) in [5.41, 5.74) is 3.40. The van der Waals surface area contributed by atoms with E-state index in [9.17, 15) is 0 Å². The molecule has 2 atom stereocenters. The molecule has 2 heterocycles. The van der Waals surface area contributed by atoms with Gasteiger partial charge >= 0.3 is 0 Å². The van der Waals surface area contributed by atoms with Gasteiger partial charge in [0.1, 0.15) is 21.9 Å². The lowest BCUT2D eigenvalue weighted by molar-refractivity contribution is -1.02. The van der Waals surface area contributed by atoms with E-state index in [0.717, 1.165) is 26.4 Å². The number of hydrogen-bond acceptors (Lipinski definition) is 2. The van der Waals surface area contributed by atoms with E-state index in [0.29, 0.717) is 0 Å². The van der Waals surface area contributed by atoms with Crippen LogP contribution < -0.4 is 5.43 Å². The monoisotopic (exact) mass is 161 g/mol. The Bertz CT molecular complexity index is 117. The molecule has 10 heavy (non-hydrogen) atoms. The van der Waals surface area contributed by atoms with E-state index in [1.54, 1.807) is 0 Å². The molecule has 1 spiro atoms. The average molecular weight is 161 g/mol. The summed E-state index contributed by atoms with van der Waals surface area (Å²) in [5, 5.41) is 0. The summed E-state index contributed by atoms with van der Waals surface area (Å²) in [7, 11) is 0.930. The first-order chi connectivity index (χ1) is 4.91. The number of quaternary nitrogens is 1. The molecule has 0 radical (unpaired) electrons. The highest BCUT2D eigenvalue weighted by Crippen LogP contribution is 2.35. The molecule has 0 saturated carbocycles. The second kappa shape index (κ2) is 2.74. The SMILES string of the molecule is C1CC[N+]2(NCCO2)PC1. The fourth-order valence-corrected chi connectivity index (χ4v) is 3.01. The van der Waals surface area contributed by atoms with E-state index in [1.165, 1.54) is 25.5 Å². The van der Waals surface area contributed by atoms with E-state index < -0.39 is 0 Å². The van der Waals surface area contributed by atoms with Crippen LogP contribution in [0, 0.1) is 0 Å². The van der Waals surface area contributed by atoms with Gasteiger partial charge in [-0.15, -0.1) is 5.43 Å². The van der Waals surface area contributed by atoms with Crippen molar-refractivity contribution in [2.75, 3.05) is 25.9 Å². The molecule has 2 rings (SSSR count). The Hall–Kier alpha value is 0.310. The topological polar surface area (TPSA) is 21.3 Å². The van der Waals surface area contributed by atoms with Crippen LogP contribution in [0.1, 0.15) is 12.8 Å². The lowest BCUT2D eigenvalue weighted by Gasteiger charge is -2.31. The number of rotatable bonds is 0. The van der Waals surface area contributed by atoms with Gasteiger partial charge in [0.05, 0.1) is 6.54 Å². The summed E-state index contributed by atoms with van der Waals surface area (Å²) in [5.74, 6) is 0. The molecule has 2 saturated heterocycles. The van der Waals surface area contributed by atoms with Gasteiger partial charge in [-0.25, -0.2) is 0 Å². The van der Waals surface area contributed by atoms with Crippen LogP contribution in [0.5, 0.6) is 0 Å². The second-order valence-corrected chi connectivity index (χ2v) is 4.36. The molecule has 0 aliphatic carbocycles. The maximum absolute atomic E-state index is 5.62. The van der Waals surface area contributed by atoms with Crippen molar-refractivity contribution in [2.45, 2.75) is 12.8 Å². The first-order valence-corrected chi connectivity index (χ1v) is 5.10. The summed E-state index contributed by atoms with van der Waals surface area (Å²) in [4.78, 5) is 5.62. The average Bonchev–Trinajstić information content (AvgIpc) is 2.39. The maximum Gasteiger partial charge on any atom is 0.144 e. The lowest BCUT2D eigenvalue weighted by Crippen LogP contribution is -2.47. The minimum atomic E-state index is 0.778. The predicted molar refractivity (Wildman–Crippen MR) is 41.5 cm³/mol. The highest BCUT2D eigenvalue weighted by atomic mass is 31.1. The molecule has 2 aliphatic heterocycles. The van der Waals surface area contributed by atoms with E-state index in [2.05, 4.69) is 5.43 Å². The van der Waals surface area contributed by atoms with Crippen LogP contribution in [0.2, 0.25) is 0 Å². The van der Waals surface area contributed by atoms with Gasteiger partial charge in [0.2, 0.25) is 0 Å². The molecule has 0 aromatic carbocycles. The third-order valence-corrected chi connectivity index (χ3v) is 3.65. The van der Waals surface area contributed by atoms with E-state index in [-0.39, 0.29) is 0 Å². The molecule has 0 aromatic rings. The maximum atomic E-state index is 5.62. The lowest BCUT2D eigenvalue weighted by atomic mass is 10.3. The molecule has 0 aromatic heterocycles. The summed E-state index contributed by atoms with van der Waals surface area (Å²) in [6.45, 7) is 3.11. The smallest absolute Gasteiger partial charge is 0.144 e. The van der Waals surface area contributed by atoms with Crippen LogP contribution in [0.4, 0.5) is 0 Å². The van der Waals surface area contributed by atoms with Crippen molar-refractivity contribution in [3.63, 3.8) is 0 Å². The van der Waals surface area contributed by atoms with Gasteiger partial charge in [-0.1, -0.05) is 4.53 Å². The number of nitrogens with one attached hydrogen (secondary N) is 1. The fourth-order valence-electron chi connectivity index (χ4n) is 1.52. The third kappa shape index (κ3) is 1.19. The van der Waals surface area contributed by atoms with Crippen LogP contribution in [0.3, 0.4) is 0 Å². The molecule has 2 unspecified atom stereocenters. The molecule has 2 aliphatic rings. The molecular formula is C6H14N2OP+. The zero-order valence-electron chi connectivity index (χ0n) is 6.10. The Morgan fingerprint density at radius 2 is 2.40 bits per heavy atom. The minimum absolute atomic E-state index is 0.778. The van der Waals surface area contributed by atoms with E-state index in [4.69, 9.17) is 4.84 Å². The highest BCUT2D eigenvalue weighted by Gasteiger charge is 2.36. The first-order valence-electron chi connectivity index (χ1n) is 3.94. The van der Waals surface area contributed by atoms with Crippen LogP contribution in [-0.4, -0.2) is 30.4 Å². The van der Waals surface area contributed by atoms with E-state index >= 15 is 0 Å². The molecule has 3 nitrogen and oxygen atoms in total. The molecule has 58 valence electrons. The van der Waals surface area contributed by atoms with Gasteiger partial charge in [0.15, 0.2) is 0 Å². The van der Waals surface area contributed by atoms with Crippen LogP contribution in [-0.2, 0) is 4.84 Å². The molecule has 0 bridgehead atoms. The summed E-state index contributed by atoms with van der Waals surface area (Å²) < 4.78 is 0.778. The van der Waals surface area contributed by atoms with Gasteiger partial charge in [-0.3, -0.25) is 0 Å². The highest BCUT2D eigenvalue weighted by molar-refractivity contribution is 7.31. The molecule has 1 N–H and O–H groups in total. The summed E-state index contributed by atoms with van der Waals surface area (Å²) >= 11 is 0. The van der Waals surface area contributed by atoms with Crippen molar-refractivity contribution >= 4 is 8.73 Å². The number of hydroxylamine groups is 1. The van der Waals surface area contributed by atoms with Crippen LogP contribution >= 0.6 is 8.73 Å². The van der Waals surface area contributed by atoms with Crippen molar-refractivity contribution in [1.29, 1.82) is 0 Å². The Kier molecular flexibility index (Phi) is 1.92. The standard InChI is InChI=1S/C6H14N2OP/c1-2-6-10-8(4-1)7-3-5-9-8/h7,10H,1-6H2/q+1. The zero-order valence-corrected chi connectivity index (χ0v) is 7.10. The fraction of sp³-hybridized carbons (Fsp3) is 1.00. The van der Waals surface area contributed by atoms with Gasteiger partial charge in [-0.2, -0.15) is 4.84 Å². The first kappa shape index (κ1) is 6.99. The quantitative estimate of drug-likeness (QED) is 0.526. The Labute approximate surface area is 63.1 Å². The molecular weight excluding hydrogens is 147 g/mol. The summed E-state index contributed by atoms with van der Waals surface area (Å²) in [6.07, 6.45) is 4.05. The predicted octanol–water partition coefficient (Wildman–Crippen LogP) is 0.640. The largest absolute Gasteiger partial charge is 0.180 e. The summed E-state index contributed by atoms with van der Waals surface area (Å²) in [6, 6.07) is 0. The minimum Gasteiger partial charge on any atom is -0.180 e. The Morgan fingerprint density at radius 3 is 3.00 bits per heavy atom. The second-order valence-electron chi connectivity index (χ2n) is 2.82. The van der Waals surface area contributed by atoms with Crippen molar-refractivity contribution < 1.29 is 9.36 Å². The van der Waals surface area contributed by atoms with Gasteiger partial charge < -0.3 is 0 Å². The van der Waals surface area contributed by atoms with Gasteiger partial charge in [0, 0.05) is 12.6 Å². The van der Waals surface area contributed by atoms with Crippen molar-refractivity contribution in [2.24, 2.45) is 0 Å². The molecule has 0 amide bonds. The van der Waals surface area contributed by atoms with Crippen LogP contribution in [0.25, 0.3) is 0 Å². The third-order valence-electron chi connectivity index (χ3n) is 2.05. The Balaban J connectivity index is 1.98. The van der Waals surface area contributed by atoms with Crippen molar-refractivity contribution in [1.82, 2.24) is 5.43 Å². The zero-order chi connectivity index (χ0) is 6.86. The van der Waals surface area contributed by atoms with Crippen molar-refractivity contribution in [3.05, 3.63) is 0 Å².